The number of carbonyl (C=O) groups excluding carboxylic acids is 6. The molecule has 4 rings (SSSR count). The van der Waals surface area contributed by atoms with Gasteiger partial charge >= 0.3 is 35.6 Å². The van der Waals surface area contributed by atoms with Gasteiger partial charge in [0.2, 0.25) is 0 Å². The summed E-state index contributed by atoms with van der Waals surface area (Å²) in [5, 5.41) is 7.52. The van der Waals surface area contributed by atoms with Crippen LogP contribution in [0.15, 0.2) is 84.9 Å². The molecule has 3 amide bonds. The van der Waals surface area contributed by atoms with E-state index in [0.717, 1.165) is 12.8 Å². The number of hydrogen-bond acceptors (Lipinski definition) is 10. The minimum Gasteiger partial charge on any atom is -0.491 e. The first-order valence-corrected chi connectivity index (χ1v) is 18.6. The Morgan fingerprint density at radius 3 is 1.19 bits per heavy atom. The van der Waals surface area contributed by atoms with Crippen molar-refractivity contribution in [1.29, 1.82) is 0 Å². The maximum Gasteiger partial charge on any atom is 0.397 e. The second kappa shape index (κ2) is 22.7. The first-order chi connectivity index (χ1) is 28.5. The predicted molar refractivity (Wildman–Crippen MR) is 220 cm³/mol. The summed E-state index contributed by atoms with van der Waals surface area (Å²) in [5.41, 5.74) is 3.97. The highest BCUT2D eigenvalue weighted by atomic mass is 16.5. The fourth-order valence-electron chi connectivity index (χ4n) is 4.94. The molecule has 0 fully saturated rings. The number of esters is 3. The van der Waals surface area contributed by atoms with Crippen LogP contribution in [0.4, 0.5) is 17.1 Å². The van der Waals surface area contributed by atoms with Crippen LogP contribution in [-0.2, 0) is 43.0 Å². The molecule has 13 heteroatoms. The van der Waals surface area contributed by atoms with Gasteiger partial charge in [0, 0.05) is 39.3 Å². The van der Waals surface area contributed by atoms with Gasteiger partial charge in [0.25, 0.3) is 0 Å². The van der Waals surface area contributed by atoms with Crippen molar-refractivity contribution in [3.8, 4) is 41.3 Å². The van der Waals surface area contributed by atoms with Gasteiger partial charge in [-0.2, -0.15) is 0 Å². The average Bonchev–Trinajstić information content (AvgIpc) is 3.22. The number of hydrogen-bond donors (Lipinski definition) is 3. The fourth-order valence-corrected chi connectivity index (χ4v) is 4.94. The zero-order valence-corrected chi connectivity index (χ0v) is 32.9. The smallest absolute Gasteiger partial charge is 0.397 e. The van der Waals surface area contributed by atoms with E-state index in [2.05, 4.69) is 51.5 Å². The van der Waals surface area contributed by atoms with Crippen molar-refractivity contribution in [3.63, 3.8) is 0 Å². The van der Waals surface area contributed by atoms with Crippen LogP contribution in [0.25, 0.3) is 0 Å². The molecule has 13 nitrogen and oxygen atoms in total. The first kappa shape index (κ1) is 43.9. The Morgan fingerprint density at radius 1 is 0.475 bits per heavy atom. The van der Waals surface area contributed by atoms with Crippen molar-refractivity contribution < 1.29 is 47.7 Å². The average molecular weight is 796 g/mol. The van der Waals surface area contributed by atoms with E-state index in [1.54, 1.807) is 106 Å². The summed E-state index contributed by atoms with van der Waals surface area (Å²) in [4.78, 5) is 72.4. The lowest BCUT2D eigenvalue weighted by atomic mass is 10.0. The lowest BCUT2D eigenvalue weighted by Crippen LogP contribution is -2.24. The Labute approximate surface area is 342 Å². The van der Waals surface area contributed by atoms with Gasteiger partial charge in [-0.05, 0) is 93.9 Å². The van der Waals surface area contributed by atoms with E-state index in [4.69, 9.17) is 18.9 Å². The summed E-state index contributed by atoms with van der Waals surface area (Å²) < 4.78 is 20.6. The van der Waals surface area contributed by atoms with Crippen LogP contribution in [0.3, 0.4) is 0 Å². The van der Waals surface area contributed by atoms with Gasteiger partial charge in [0.1, 0.15) is 0 Å². The van der Waals surface area contributed by atoms with E-state index >= 15 is 0 Å². The Morgan fingerprint density at radius 2 is 0.831 bits per heavy atom. The van der Waals surface area contributed by atoms with Crippen LogP contribution in [-0.4, -0.2) is 62.1 Å². The monoisotopic (exact) mass is 795 g/mol. The highest BCUT2D eigenvalue weighted by Gasteiger charge is 2.17. The Bertz CT molecular complexity index is 2310. The highest BCUT2D eigenvalue weighted by molar-refractivity contribution is 6.38. The van der Waals surface area contributed by atoms with Gasteiger partial charge in [-0.3, -0.25) is 14.4 Å². The van der Waals surface area contributed by atoms with Gasteiger partial charge in [-0.25, -0.2) is 14.4 Å². The van der Waals surface area contributed by atoms with E-state index in [9.17, 15) is 28.8 Å². The second-order valence-electron chi connectivity index (χ2n) is 12.1. The third-order valence-electron chi connectivity index (χ3n) is 7.61. The van der Waals surface area contributed by atoms with E-state index in [0.29, 0.717) is 62.8 Å². The molecule has 0 spiro atoms. The lowest BCUT2D eigenvalue weighted by molar-refractivity contribution is -0.152. The number of benzene rings is 4. The van der Waals surface area contributed by atoms with Crippen molar-refractivity contribution in [1.82, 2.24) is 0 Å². The van der Waals surface area contributed by atoms with Gasteiger partial charge < -0.3 is 34.9 Å². The number of anilines is 3. The predicted octanol–water partition coefficient (Wildman–Crippen LogP) is 5.57. The number of rotatable bonds is 10. The van der Waals surface area contributed by atoms with Crippen LogP contribution in [0, 0.1) is 35.5 Å². The van der Waals surface area contributed by atoms with E-state index in [1.165, 1.54) is 0 Å². The summed E-state index contributed by atoms with van der Waals surface area (Å²) in [6.07, 6.45) is 1.61. The molecule has 4 aromatic carbocycles. The molecule has 4 aromatic rings. The quantitative estimate of drug-likeness (QED) is 0.0605. The number of carbonyl (C=O) groups is 6. The standard InChI is InChI=1S/C46H41N3O10/c1-5-9-25-59-40-35(23-21-32-14-11-17-38(29-32)48-42(51)45(54)57-7-3)26-34(20-19-31-13-10-16-37(28-31)47-41(50)44(53)56-6-2)27-36(40)24-22-33-15-12-18-39(30-33)49-43(52)46(55)58-8-4/h10-18,26-30H,5-9,25H2,1-4H3,(H,47,50)(H,48,51)(H,49,52). The van der Waals surface area contributed by atoms with E-state index < -0.39 is 35.6 Å². The molecule has 0 saturated heterocycles. The van der Waals surface area contributed by atoms with Gasteiger partial charge in [-0.1, -0.05) is 67.1 Å². The summed E-state index contributed by atoms with van der Waals surface area (Å²) in [6, 6.07) is 23.4. The van der Waals surface area contributed by atoms with E-state index in [-0.39, 0.29) is 19.8 Å². The SMILES string of the molecule is CCCCOc1c(C#Cc2cccc(NC(=O)C(=O)OCC)c2)cc(C#Cc2cccc(NC(=O)C(=O)OCC)c2)cc1C#Cc1cccc(NC(=O)C(=O)OCC)c1. The topological polar surface area (TPSA) is 175 Å². The highest BCUT2D eigenvalue weighted by Crippen LogP contribution is 2.26. The normalized spacial score (nSPS) is 9.76. The summed E-state index contributed by atoms with van der Waals surface area (Å²) >= 11 is 0. The Kier molecular flexibility index (Phi) is 16.9. The molecule has 0 aliphatic carbocycles. The Hall–Kier alpha value is -7.82. The van der Waals surface area contributed by atoms with Crippen LogP contribution in [0.2, 0.25) is 0 Å². The number of nitrogens with one attached hydrogen (secondary N) is 3. The molecule has 0 unspecified atom stereocenters. The third-order valence-corrected chi connectivity index (χ3v) is 7.61. The molecule has 3 N–H and O–H groups in total. The number of amides is 3. The fraction of sp³-hybridized carbons (Fsp3) is 0.217. The van der Waals surface area contributed by atoms with Crippen molar-refractivity contribution in [2.75, 3.05) is 42.4 Å². The maximum atomic E-state index is 12.3. The molecule has 0 aliphatic heterocycles. The van der Waals surface area contributed by atoms with Crippen LogP contribution in [0.1, 0.15) is 73.9 Å². The molecule has 0 radical (unpaired) electrons. The molecule has 0 aliphatic rings. The largest absolute Gasteiger partial charge is 0.491 e. The number of unbranched alkanes of at least 4 members (excludes halogenated alkanes) is 1. The zero-order chi connectivity index (χ0) is 42.6. The van der Waals surface area contributed by atoms with Gasteiger partial charge in [0.15, 0.2) is 5.75 Å². The molecule has 0 heterocycles. The lowest BCUT2D eigenvalue weighted by Gasteiger charge is -2.11. The molecule has 0 aromatic heterocycles. The molecular weight excluding hydrogens is 755 g/mol. The summed E-state index contributed by atoms with van der Waals surface area (Å²) in [6.45, 7) is 7.36. The zero-order valence-electron chi connectivity index (χ0n) is 32.9. The van der Waals surface area contributed by atoms with Crippen LogP contribution >= 0.6 is 0 Å². The summed E-state index contributed by atoms with van der Waals surface area (Å²) in [7, 11) is 0. The minimum absolute atomic E-state index is 0.0552. The molecule has 300 valence electrons. The third kappa shape index (κ3) is 14.0. The molecule has 0 atom stereocenters. The van der Waals surface area contributed by atoms with Crippen molar-refractivity contribution in [2.45, 2.75) is 40.5 Å². The van der Waals surface area contributed by atoms with Crippen LogP contribution in [0.5, 0.6) is 5.75 Å². The van der Waals surface area contributed by atoms with Gasteiger partial charge in [-0.15, -0.1) is 0 Å². The molecule has 0 saturated carbocycles. The molecule has 59 heavy (non-hydrogen) atoms. The minimum atomic E-state index is -1.01. The molecular formula is C46H41N3O10. The summed E-state index contributed by atoms with van der Waals surface area (Å²) in [5.74, 6) is 13.4. The molecule has 0 bridgehead atoms. The van der Waals surface area contributed by atoms with Gasteiger partial charge in [0.05, 0.1) is 37.6 Å². The maximum absolute atomic E-state index is 12.3. The van der Waals surface area contributed by atoms with E-state index in [1.807, 2.05) is 6.92 Å². The van der Waals surface area contributed by atoms with Crippen molar-refractivity contribution >= 4 is 52.7 Å². The van der Waals surface area contributed by atoms with Crippen molar-refractivity contribution in [3.05, 3.63) is 118 Å². The second-order valence-corrected chi connectivity index (χ2v) is 12.1. The number of ether oxygens (including phenoxy) is 4. The van der Waals surface area contributed by atoms with Crippen LogP contribution < -0.4 is 20.7 Å². The van der Waals surface area contributed by atoms with Crippen molar-refractivity contribution in [2.24, 2.45) is 0 Å². The Balaban J connectivity index is 1.80. The first-order valence-electron chi connectivity index (χ1n) is 18.6.